The van der Waals surface area contributed by atoms with E-state index in [2.05, 4.69) is 10.3 Å². The minimum absolute atomic E-state index is 0.345. The van der Waals surface area contributed by atoms with Gasteiger partial charge in [0.25, 0.3) is 0 Å². The van der Waals surface area contributed by atoms with Crippen molar-refractivity contribution in [2.45, 2.75) is 25.7 Å². The van der Waals surface area contributed by atoms with Gasteiger partial charge in [0.15, 0.2) is 0 Å². The van der Waals surface area contributed by atoms with Gasteiger partial charge in [-0.05, 0) is 62.5 Å². The predicted molar refractivity (Wildman–Crippen MR) is 110 cm³/mol. The smallest absolute Gasteiger partial charge is 0.339 e. The second-order valence-corrected chi connectivity index (χ2v) is 7.94. The van der Waals surface area contributed by atoms with Crippen LogP contribution in [0.5, 0.6) is 11.5 Å². The standard InChI is InChI=1S/C21H23NO4S/c1-15-11-12-19(25-4)14-20(15)27(5,24)22-17(3)13-16(2)21(23)26-18-9-7-6-8-10-18/h6-14H,5H2,1-4H3/b16-13+,22-17?. The first kappa shape index (κ1) is 20.5. The van der Waals surface area contributed by atoms with Crippen molar-refractivity contribution in [1.29, 1.82) is 0 Å². The number of carbonyl (C=O) groups is 1. The van der Waals surface area contributed by atoms with Crippen molar-refractivity contribution in [3.63, 3.8) is 0 Å². The normalized spacial score (nSPS) is 14.4. The second-order valence-electron chi connectivity index (χ2n) is 6.03. The summed E-state index contributed by atoms with van der Waals surface area (Å²) < 4.78 is 27.7. The Balaban J connectivity index is 2.24. The highest BCUT2D eigenvalue weighted by atomic mass is 32.2. The van der Waals surface area contributed by atoms with E-state index >= 15 is 0 Å². The average molecular weight is 385 g/mol. The first-order chi connectivity index (χ1) is 12.7. The Morgan fingerprint density at radius 1 is 1.11 bits per heavy atom. The van der Waals surface area contributed by atoms with Gasteiger partial charge in [0.1, 0.15) is 11.5 Å². The number of benzene rings is 2. The van der Waals surface area contributed by atoms with Crippen LogP contribution in [0, 0.1) is 6.92 Å². The Morgan fingerprint density at radius 3 is 2.41 bits per heavy atom. The molecule has 2 rings (SSSR count). The van der Waals surface area contributed by atoms with Crippen LogP contribution in [0.1, 0.15) is 19.4 Å². The van der Waals surface area contributed by atoms with E-state index in [-0.39, 0.29) is 0 Å². The molecule has 0 saturated carbocycles. The zero-order chi connectivity index (χ0) is 20.0. The summed E-state index contributed by atoms with van der Waals surface area (Å²) in [4.78, 5) is 12.7. The molecule has 6 heteroatoms. The largest absolute Gasteiger partial charge is 0.497 e. The Hall–Kier alpha value is -2.86. The van der Waals surface area contributed by atoms with Crippen LogP contribution in [0.4, 0.5) is 0 Å². The molecule has 0 spiro atoms. The Bertz CT molecular complexity index is 990. The molecular weight excluding hydrogens is 362 g/mol. The molecular formula is C21H23NO4S. The third kappa shape index (κ3) is 5.56. The maximum absolute atomic E-state index is 13.0. The summed E-state index contributed by atoms with van der Waals surface area (Å²) in [6.45, 7) is 5.12. The maximum Gasteiger partial charge on any atom is 0.339 e. The van der Waals surface area contributed by atoms with Crippen molar-refractivity contribution in [2.24, 2.45) is 4.40 Å². The number of ether oxygens (including phenoxy) is 2. The fraction of sp³-hybridized carbons (Fsp3) is 0.190. The lowest BCUT2D eigenvalue weighted by molar-refractivity contribution is -0.130. The van der Waals surface area contributed by atoms with Gasteiger partial charge in [0, 0.05) is 11.3 Å². The van der Waals surface area contributed by atoms with Crippen molar-refractivity contribution in [2.75, 3.05) is 7.11 Å². The molecule has 1 unspecified atom stereocenters. The van der Waals surface area contributed by atoms with E-state index in [4.69, 9.17) is 9.47 Å². The van der Waals surface area contributed by atoms with Crippen LogP contribution in [0.25, 0.3) is 0 Å². The number of aryl methyl sites for hydroxylation is 1. The Labute approximate surface area is 160 Å². The van der Waals surface area contributed by atoms with Gasteiger partial charge < -0.3 is 9.47 Å². The fourth-order valence-corrected chi connectivity index (χ4v) is 3.90. The lowest BCUT2D eigenvalue weighted by Crippen LogP contribution is -2.10. The summed E-state index contributed by atoms with van der Waals surface area (Å²) in [5, 5.41) is 0. The second kappa shape index (κ2) is 8.68. The van der Waals surface area contributed by atoms with Crippen LogP contribution in [-0.4, -0.2) is 28.9 Å². The molecule has 0 bridgehead atoms. The zero-order valence-electron chi connectivity index (χ0n) is 15.9. The molecule has 0 heterocycles. The monoisotopic (exact) mass is 385 g/mol. The van der Waals surface area contributed by atoms with E-state index in [1.54, 1.807) is 50.2 Å². The Morgan fingerprint density at radius 2 is 1.78 bits per heavy atom. The van der Waals surface area contributed by atoms with E-state index in [1.807, 2.05) is 19.1 Å². The van der Waals surface area contributed by atoms with E-state index < -0.39 is 15.7 Å². The molecule has 142 valence electrons. The van der Waals surface area contributed by atoms with Gasteiger partial charge in [0.2, 0.25) is 0 Å². The number of allylic oxidation sites excluding steroid dienone is 1. The molecule has 2 aromatic carbocycles. The van der Waals surface area contributed by atoms with Crippen molar-refractivity contribution >= 4 is 27.3 Å². The zero-order valence-corrected chi connectivity index (χ0v) is 16.7. The molecule has 0 aliphatic rings. The van der Waals surface area contributed by atoms with Crippen LogP contribution in [0.3, 0.4) is 0 Å². The molecule has 0 aromatic heterocycles. The van der Waals surface area contributed by atoms with E-state index in [9.17, 15) is 9.00 Å². The number of esters is 1. The summed E-state index contributed by atoms with van der Waals surface area (Å²) in [5.41, 5.74) is 1.56. The molecule has 0 aliphatic heterocycles. The van der Waals surface area contributed by atoms with Crippen molar-refractivity contribution in [3.8, 4) is 11.5 Å². The van der Waals surface area contributed by atoms with E-state index in [0.717, 1.165) is 5.56 Å². The lowest BCUT2D eigenvalue weighted by Gasteiger charge is -2.10. The first-order valence-electron chi connectivity index (χ1n) is 8.27. The summed E-state index contributed by atoms with van der Waals surface area (Å²) in [5.74, 6) is 4.32. The fourth-order valence-electron chi connectivity index (χ4n) is 2.41. The van der Waals surface area contributed by atoms with Gasteiger partial charge in [-0.2, -0.15) is 4.40 Å². The van der Waals surface area contributed by atoms with Gasteiger partial charge in [-0.25, -0.2) is 9.00 Å². The minimum atomic E-state index is -2.94. The third-order valence-corrected chi connectivity index (χ3v) is 5.44. The number of para-hydroxylation sites is 1. The molecule has 2 aromatic rings. The number of rotatable bonds is 6. The van der Waals surface area contributed by atoms with E-state index in [1.165, 1.54) is 13.2 Å². The molecule has 0 saturated heterocycles. The van der Waals surface area contributed by atoms with Crippen LogP contribution in [0.2, 0.25) is 0 Å². The molecule has 0 amide bonds. The number of methoxy groups -OCH3 is 1. The van der Waals surface area contributed by atoms with Crippen molar-refractivity contribution < 1.29 is 18.5 Å². The van der Waals surface area contributed by atoms with Gasteiger partial charge in [-0.1, -0.05) is 24.3 Å². The van der Waals surface area contributed by atoms with Crippen LogP contribution in [-0.2, 0) is 14.5 Å². The molecule has 27 heavy (non-hydrogen) atoms. The van der Waals surface area contributed by atoms with Crippen LogP contribution >= 0.6 is 0 Å². The molecule has 0 radical (unpaired) electrons. The van der Waals surface area contributed by atoms with Crippen LogP contribution in [0.15, 0.2) is 69.5 Å². The molecule has 0 N–H and O–H groups in total. The summed E-state index contributed by atoms with van der Waals surface area (Å²) in [6.07, 6.45) is 1.53. The number of nitrogens with zero attached hydrogens (tertiary/aromatic N) is 1. The molecule has 0 fully saturated rings. The quantitative estimate of drug-likeness (QED) is 0.248. The van der Waals surface area contributed by atoms with Gasteiger partial charge >= 0.3 is 5.97 Å². The van der Waals surface area contributed by atoms with Gasteiger partial charge in [-0.3, -0.25) is 0 Å². The Kier molecular flexibility index (Phi) is 6.58. The predicted octanol–water partition coefficient (Wildman–Crippen LogP) is 4.01. The first-order valence-corrected chi connectivity index (χ1v) is 9.95. The molecule has 5 nitrogen and oxygen atoms in total. The summed E-state index contributed by atoms with van der Waals surface area (Å²) >= 11 is 0. The van der Waals surface area contributed by atoms with E-state index in [0.29, 0.717) is 27.7 Å². The SMILES string of the molecule is C=S(=O)(N=C(C)/C=C(\C)C(=O)Oc1ccccc1)c1cc(OC)ccc1C. The highest BCUT2D eigenvalue weighted by molar-refractivity contribution is 7.99. The summed E-state index contributed by atoms with van der Waals surface area (Å²) in [6, 6.07) is 14.0. The van der Waals surface area contributed by atoms with Crippen molar-refractivity contribution in [1.82, 2.24) is 0 Å². The number of carbonyl (C=O) groups excluding carboxylic acids is 1. The van der Waals surface area contributed by atoms with Gasteiger partial charge in [-0.15, -0.1) is 0 Å². The highest BCUT2D eigenvalue weighted by Gasteiger charge is 2.12. The highest BCUT2D eigenvalue weighted by Crippen LogP contribution is 2.23. The van der Waals surface area contributed by atoms with Crippen LogP contribution < -0.4 is 9.47 Å². The topological polar surface area (TPSA) is 65.0 Å². The molecule has 0 aliphatic carbocycles. The average Bonchev–Trinajstić information content (AvgIpc) is 2.62. The third-order valence-electron chi connectivity index (χ3n) is 3.73. The maximum atomic E-state index is 13.0. The number of hydrogen-bond donors (Lipinski definition) is 0. The molecule has 1 atom stereocenters. The van der Waals surface area contributed by atoms with Gasteiger partial charge in [0.05, 0.1) is 21.7 Å². The minimum Gasteiger partial charge on any atom is -0.497 e. The number of hydrogen-bond acceptors (Lipinski definition) is 4. The lowest BCUT2D eigenvalue weighted by atomic mass is 10.2. The summed E-state index contributed by atoms with van der Waals surface area (Å²) in [7, 11) is -1.40. The van der Waals surface area contributed by atoms with Crippen molar-refractivity contribution in [3.05, 3.63) is 65.7 Å².